The maximum absolute atomic E-state index is 14.2. The number of hydrogen-bond donors (Lipinski definition) is 1. The second-order valence-corrected chi connectivity index (χ2v) is 12.5. The first-order chi connectivity index (χ1) is 19.5. The number of anilines is 1. The Hall–Kier alpha value is -3.27. The second-order valence-electron chi connectivity index (χ2n) is 9.82. The first kappa shape index (κ1) is 32.2. The number of benzene rings is 3. The van der Waals surface area contributed by atoms with Crippen molar-refractivity contribution in [3.63, 3.8) is 0 Å². The van der Waals surface area contributed by atoms with E-state index in [1.54, 1.807) is 55.5 Å². The standard InChI is InChI=1S/C30H35Cl2N3O5S/c1-5-26(30(37)33-18-21(2)3)34(19-22-11-9-10-14-25(22)32)29(36)20-35(27-17-23(31)15-16-28(27)40-4)41(38,39)24-12-7-6-8-13-24/h6-17,21,26H,5,18-20H2,1-4H3,(H,33,37)/t26-/m1/s1. The molecule has 0 unspecified atom stereocenters. The third-order valence-electron chi connectivity index (χ3n) is 6.39. The zero-order valence-electron chi connectivity index (χ0n) is 23.5. The predicted octanol–water partition coefficient (Wildman–Crippen LogP) is 5.78. The predicted molar refractivity (Wildman–Crippen MR) is 163 cm³/mol. The van der Waals surface area contributed by atoms with E-state index in [2.05, 4.69) is 5.32 Å². The number of amides is 2. The molecular weight excluding hydrogens is 585 g/mol. The summed E-state index contributed by atoms with van der Waals surface area (Å²) in [6.45, 7) is 5.55. The highest BCUT2D eigenvalue weighted by molar-refractivity contribution is 7.92. The van der Waals surface area contributed by atoms with Gasteiger partial charge in [0.15, 0.2) is 0 Å². The minimum absolute atomic E-state index is 0.00197. The van der Waals surface area contributed by atoms with Gasteiger partial charge in [-0.2, -0.15) is 0 Å². The maximum atomic E-state index is 14.2. The van der Waals surface area contributed by atoms with Gasteiger partial charge in [-0.15, -0.1) is 0 Å². The van der Waals surface area contributed by atoms with Crippen molar-refractivity contribution in [3.05, 3.63) is 88.4 Å². The van der Waals surface area contributed by atoms with E-state index < -0.39 is 28.5 Å². The third kappa shape index (κ3) is 8.15. The second kappa shape index (κ2) is 14.6. The molecule has 0 saturated heterocycles. The summed E-state index contributed by atoms with van der Waals surface area (Å²) >= 11 is 12.7. The van der Waals surface area contributed by atoms with Crippen LogP contribution in [0.5, 0.6) is 5.75 Å². The summed E-state index contributed by atoms with van der Waals surface area (Å²) in [5.41, 5.74) is 0.711. The van der Waals surface area contributed by atoms with Gasteiger partial charge < -0.3 is 15.0 Å². The van der Waals surface area contributed by atoms with Crippen molar-refractivity contribution in [2.45, 2.75) is 44.7 Å². The Kier molecular flexibility index (Phi) is 11.5. The molecule has 0 fully saturated rings. The molecule has 11 heteroatoms. The van der Waals surface area contributed by atoms with Gasteiger partial charge in [0.2, 0.25) is 11.8 Å². The lowest BCUT2D eigenvalue weighted by atomic mass is 10.1. The molecule has 3 aromatic carbocycles. The molecule has 0 aliphatic rings. The van der Waals surface area contributed by atoms with Crippen LogP contribution in [0.15, 0.2) is 77.7 Å². The monoisotopic (exact) mass is 619 g/mol. The average molecular weight is 621 g/mol. The first-order valence-electron chi connectivity index (χ1n) is 13.2. The Labute approximate surface area is 252 Å². The van der Waals surface area contributed by atoms with E-state index in [1.807, 2.05) is 13.8 Å². The summed E-state index contributed by atoms with van der Waals surface area (Å²) in [5, 5.41) is 3.58. The molecule has 220 valence electrons. The lowest BCUT2D eigenvalue weighted by molar-refractivity contribution is -0.140. The molecule has 0 saturated carbocycles. The van der Waals surface area contributed by atoms with Gasteiger partial charge in [-0.25, -0.2) is 8.42 Å². The Morgan fingerprint density at radius 2 is 1.63 bits per heavy atom. The fraction of sp³-hybridized carbons (Fsp3) is 0.333. The van der Waals surface area contributed by atoms with Crippen molar-refractivity contribution in [1.29, 1.82) is 0 Å². The Bertz CT molecular complexity index is 1450. The topological polar surface area (TPSA) is 96.0 Å². The average Bonchev–Trinajstić information content (AvgIpc) is 2.95. The Morgan fingerprint density at radius 1 is 0.976 bits per heavy atom. The van der Waals surface area contributed by atoms with Gasteiger partial charge in [-0.05, 0) is 54.3 Å². The van der Waals surface area contributed by atoms with E-state index >= 15 is 0 Å². The Morgan fingerprint density at radius 3 is 2.24 bits per heavy atom. The van der Waals surface area contributed by atoms with Crippen molar-refractivity contribution in [2.75, 3.05) is 24.5 Å². The molecule has 0 aliphatic heterocycles. The lowest BCUT2D eigenvalue weighted by Gasteiger charge is -2.33. The van der Waals surface area contributed by atoms with E-state index in [4.69, 9.17) is 27.9 Å². The van der Waals surface area contributed by atoms with Crippen molar-refractivity contribution < 1.29 is 22.7 Å². The first-order valence-corrected chi connectivity index (χ1v) is 15.4. The largest absolute Gasteiger partial charge is 0.495 e. The SMILES string of the molecule is CC[C@H](C(=O)NCC(C)C)N(Cc1ccccc1Cl)C(=O)CN(c1cc(Cl)ccc1OC)S(=O)(=O)c1ccccc1. The van der Waals surface area contributed by atoms with Crippen molar-refractivity contribution >= 4 is 50.7 Å². The van der Waals surface area contributed by atoms with Crippen LogP contribution in [0.4, 0.5) is 5.69 Å². The molecule has 0 aliphatic carbocycles. The summed E-state index contributed by atoms with van der Waals surface area (Å²) < 4.78 is 34.4. The van der Waals surface area contributed by atoms with E-state index in [-0.39, 0.29) is 39.7 Å². The molecule has 3 aromatic rings. The Balaban J connectivity index is 2.11. The molecular formula is C30H35Cl2N3O5S. The van der Waals surface area contributed by atoms with Gasteiger partial charge in [0.05, 0.1) is 17.7 Å². The van der Waals surface area contributed by atoms with Gasteiger partial charge in [0, 0.05) is 23.1 Å². The molecule has 0 spiro atoms. The normalized spacial score (nSPS) is 12.1. The minimum Gasteiger partial charge on any atom is -0.495 e. The smallest absolute Gasteiger partial charge is 0.264 e. The number of halogens is 2. The van der Waals surface area contributed by atoms with Crippen LogP contribution in [0, 0.1) is 5.92 Å². The molecule has 2 amide bonds. The molecule has 1 atom stereocenters. The number of ether oxygens (including phenoxy) is 1. The molecule has 41 heavy (non-hydrogen) atoms. The van der Waals surface area contributed by atoms with Gasteiger partial charge in [-0.1, -0.05) is 80.4 Å². The molecule has 0 heterocycles. The number of nitrogens with zero attached hydrogens (tertiary/aromatic N) is 2. The summed E-state index contributed by atoms with van der Waals surface area (Å²) in [4.78, 5) is 28.8. The number of carbonyl (C=O) groups is 2. The molecule has 1 N–H and O–H groups in total. The quantitative estimate of drug-likeness (QED) is 0.262. The molecule has 0 aromatic heterocycles. The highest BCUT2D eigenvalue weighted by Gasteiger charge is 2.35. The number of sulfonamides is 1. The van der Waals surface area contributed by atoms with E-state index in [1.165, 1.54) is 36.3 Å². The fourth-order valence-electron chi connectivity index (χ4n) is 4.24. The minimum atomic E-state index is -4.27. The molecule has 8 nitrogen and oxygen atoms in total. The van der Waals surface area contributed by atoms with Crippen LogP contribution >= 0.6 is 23.2 Å². The van der Waals surface area contributed by atoms with Crippen LogP contribution < -0.4 is 14.4 Å². The zero-order chi connectivity index (χ0) is 30.2. The van der Waals surface area contributed by atoms with Crippen LogP contribution in [0.1, 0.15) is 32.8 Å². The number of carbonyl (C=O) groups excluding carboxylic acids is 2. The summed E-state index contributed by atoms with van der Waals surface area (Å²) in [6, 6.07) is 18.4. The number of rotatable bonds is 13. The highest BCUT2D eigenvalue weighted by atomic mass is 35.5. The zero-order valence-corrected chi connectivity index (χ0v) is 25.8. The van der Waals surface area contributed by atoms with Gasteiger partial charge >= 0.3 is 0 Å². The van der Waals surface area contributed by atoms with Gasteiger partial charge in [0.1, 0.15) is 18.3 Å². The summed E-state index contributed by atoms with van der Waals surface area (Å²) in [7, 11) is -2.87. The van der Waals surface area contributed by atoms with Crippen molar-refractivity contribution in [1.82, 2.24) is 10.2 Å². The van der Waals surface area contributed by atoms with Crippen molar-refractivity contribution in [3.8, 4) is 5.75 Å². The number of methoxy groups -OCH3 is 1. The van der Waals surface area contributed by atoms with Gasteiger partial charge in [-0.3, -0.25) is 13.9 Å². The molecule has 0 bridgehead atoms. The van der Waals surface area contributed by atoms with E-state index in [0.29, 0.717) is 23.6 Å². The molecule has 0 radical (unpaired) electrons. The van der Waals surface area contributed by atoms with Gasteiger partial charge in [0.25, 0.3) is 10.0 Å². The van der Waals surface area contributed by atoms with Crippen LogP contribution in [0.2, 0.25) is 10.0 Å². The van der Waals surface area contributed by atoms with Crippen molar-refractivity contribution in [2.24, 2.45) is 5.92 Å². The van der Waals surface area contributed by atoms with E-state index in [9.17, 15) is 18.0 Å². The van der Waals surface area contributed by atoms with Crippen LogP contribution in [-0.4, -0.2) is 51.4 Å². The summed E-state index contributed by atoms with van der Waals surface area (Å²) in [5.74, 6) is -0.524. The number of hydrogen-bond acceptors (Lipinski definition) is 5. The van der Waals surface area contributed by atoms with Crippen LogP contribution in [0.25, 0.3) is 0 Å². The molecule has 3 rings (SSSR count). The highest BCUT2D eigenvalue weighted by Crippen LogP contribution is 2.35. The number of nitrogens with one attached hydrogen (secondary N) is 1. The third-order valence-corrected chi connectivity index (χ3v) is 8.77. The fourth-order valence-corrected chi connectivity index (χ4v) is 6.04. The van der Waals surface area contributed by atoms with Crippen LogP contribution in [-0.2, 0) is 26.2 Å². The summed E-state index contributed by atoms with van der Waals surface area (Å²) in [6.07, 6.45) is 0.298. The van der Waals surface area contributed by atoms with E-state index in [0.717, 1.165) is 4.31 Å². The van der Waals surface area contributed by atoms with Crippen LogP contribution in [0.3, 0.4) is 0 Å². The maximum Gasteiger partial charge on any atom is 0.264 e. The lowest BCUT2D eigenvalue weighted by Crippen LogP contribution is -2.52.